The molecule has 2 nitrogen and oxygen atoms in total. The van der Waals surface area contributed by atoms with Gasteiger partial charge in [0.1, 0.15) is 5.82 Å². The van der Waals surface area contributed by atoms with Gasteiger partial charge in [0.05, 0.1) is 13.2 Å². The van der Waals surface area contributed by atoms with Crippen LogP contribution in [0.25, 0.3) is 0 Å². The van der Waals surface area contributed by atoms with Crippen LogP contribution in [0.2, 0.25) is 0 Å². The molecular weight excluding hydrogens is 351 g/mol. The van der Waals surface area contributed by atoms with E-state index in [4.69, 9.17) is 9.47 Å². The van der Waals surface area contributed by atoms with E-state index in [0.29, 0.717) is 5.92 Å². The van der Waals surface area contributed by atoms with Gasteiger partial charge in [-0.1, -0.05) is 50.7 Å². The van der Waals surface area contributed by atoms with Gasteiger partial charge in [-0.25, -0.2) is 4.39 Å². The number of ether oxygens (including phenoxy) is 2. The third-order valence-electron chi connectivity index (χ3n) is 7.64. The zero-order chi connectivity index (χ0) is 19.2. The van der Waals surface area contributed by atoms with E-state index in [1.165, 1.54) is 76.2 Å². The first kappa shape index (κ1) is 20.3. The van der Waals surface area contributed by atoms with Gasteiger partial charge in [-0.3, -0.25) is 0 Å². The Morgan fingerprint density at radius 1 is 0.643 bits per heavy atom. The fourth-order valence-corrected chi connectivity index (χ4v) is 5.75. The summed E-state index contributed by atoms with van der Waals surface area (Å²) < 4.78 is 24.3. The molecule has 0 N–H and O–H groups in total. The van der Waals surface area contributed by atoms with Crippen molar-refractivity contribution in [1.29, 1.82) is 0 Å². The third-order valence-corrected chi connectivity index (χ3v) is 7.64. The number of halogens is 1. The largest absolute Gasteiger partial charge is 0.350 e. The van der Waals surface area contributed by atoms with Gasteiger partial charge in [0.2, 0.25) is 0 Å². The van der Waals surface area contributed by atoms with E-state index >= 15 is 0 Å². The van der Waals surface area contributed by atoms with Crippen molar-refractivity contribution in [1.82, 2.24) is 0 Å². The monoisotopic (exact) mass is 388 g/mol. The van der Waals surface area contributed by atoms with E-state index in [1.54, 1.807) is 12.1 Å². The first-order chi connectivity index (χ1) is 13.8. The second-order valence-electron chi connectivity index (χ2n) is 9.48. The lowest BCUT2D eigenvalue weighted by molar-refractivity contribution is -0.0512. The molecule has 0 aromatic heterocycles. The van der Waals surface area contributed by atoms with Crippen LogP contribution in [0.1, 0.15) is 88.5 Å². The van der Waals surface area contributed by atoms with Crippen LogP contribution in [-0.4, -0.2) is 19.5 Å². The van der Waals surface area contributed by atoms with Gasteiger partial charge in [0, 0.05) is 0 Å². The van der Waals surface area contributed by atoms with Gasteiger partial charge in [-0.2, -0.15) is 0 Å². The van der Waals surface area contributed by atoms with Crippen LogP contribution >= 0.6 is 0 Å². The topological polar surface area (TPSA) is 18.5 Å². The van der Waals surface area contributed by atoms with Gasteiger partial charge >= 0.3 is 0 Å². The molecule has 0 radical (unpaired) electrons. The molecule has 0 atom stereocenters. The molecule has 3 heteroatoms. The van der Waals surface area contributed by atoms with E-state index < -0.39 is 0 Å². The van der Waals surface area contributed by atoms with Crippen LogP contribution in [-0.2, 0) is 9.47 Å². The van der Waals surface area contributed by atoms with Crippen LogP contribution in [0.5, 0.6) is 0 Å². The van der Waals surface area contributed by atoms with Gasteiger partial charge in [0.15, 0.2) is 6.29 Å². The maximum Gasteiger partial charge on any atom is 0.157 e. The zero-order valence-electron chi connectivity index (χ0n) is 17.3. The first-order valence-electron chi connectivity index (χ1n) is 11.7. The van der Waals surface area contributed by atoms with Gasteiger partial charge < -0.3 is 9.47 Å². The molecule has 0 unspecified atom stereocenters. The second-order valence-corrected chi connectivity index (χ2v) is 9.48. The Morgan fingerprint density at radius 2 is 1.11 bits per heavy atom. The van der Waals surface area contributed by atoms with Crippen LogP contribution in [0.15, 0.2) is 24.3 Å². The molecule has 3 fully saturated rings. The number of benzene rings is 1. The Balaban J connectivity index is 1.09. The van der Waals surface area contributed by atoms with E-state index in [1.807, 2.05) is 12.1 Å². The van der Waals surface area contributed by atoms with Crippen molar-refractivity contribution in [3.8, 4) is 0 Å². The fraction of sp³-hybridized carbons (Fsp3) is 0.760. The molecule has 156 valence electrons. The van der Waals surface area contributed by atoms with Crippen molar-refractivity contribution in [2.24, 2.45) is 17.8 Å². The summed E-state index contributed by atoms with van der Waals surface area (Å²) in [6.45, 7) is 1.56. The quantitative estimate of drug-likeness (QED) is 0.509. The van der Waals surface area contributed by atoms with E-state index in [9.17, 15) is 4.39 Å². The molecule has 0 bridgehead atoms. The second kappa shape index (κ2) is 10.2. The molecule has 0 spiro atoms. The van der Waals surface area contributed by atoms with Crippen LogP contribution < -0.4 is 0 Å². The molecule has 0 amide bonds. The highest BCUT2D eigenvalue weighted by Crippen LogP contribution is 2.40. The van der Waals surface area contributed by atoms with Gasteiger partial charge in [0.25, 0.3) is 0 Å². The average molecular weight is 389 g/mol. The molecule has 28 heavy (non-hydrogen) atoms. The molecule has 1 aliphatic heterocycles. The lowest BCUT2D eigenvalue weighted by Gasteiger charge is -2.32. The number of rotatable bonds is 7. The maximum absolute atomic E-state index is 13.1. The van der Waals surface area contributed by atoms with Crippen molar-refractivity contribution in [2.45, 2.75) is 89.3 Å². The predicted octanol–water partition coefficient (Wildman–Crippen LogP) is 6.84. The highest BCUT2D eigenvalue weighted by molar-refractivity contribution is 5.20. The molecule has 1 saturated heterocycles. The summed E-state index contributed by atoms with van der Waals surface area (Å²) in [6.07, 6.45) is 16.3. The number of hydrogen-bond acceptors (Lipinski definition) is 2. The molecule has 1 aromatic carbocycles. The van der Waals surface area contributed by atoms with Crippen LogP contribution in [0.3, 0.4) is 0 Å². The summed E-state index contributed by atoms with van der Waals surface area (Å²) in [4.78, 5) is 0. The van der Waals surface area contributed by atoms with Crippen molar-refractivity contribution >= 4 is 0 Å². The van der Waals surface area contributed by atoms with Gasteiger partial charge in [-0.05, 0) is 79.9 Å². The number of hydrogen-bond donors (Lipinski definition) is 0. The minimum absolute atomic E-state index is 0.0859. The Hall–Kier alpha value is -0.930. The minimum Gasteiger partial charge on any atom is -0.350 e. The third kappa shape index (κ3) is 5.79. The van der Waals surface area contributed by atoms with E-state index in [-0.39, 0.29) is 12.1 Å². The molecule has 3 aliphatic rings. The smallest absolute Gasteiger partial charge is 0.157 e. The summed E-state index contributed by atoms with van der Waals surface area (Å²) >= 11 is 0. The standard InChI is InChI=1S/C25H37FO2/c26-24-14-12-23(13-15-24)22-10-7-21(8-11-22)6-3-19-1-4-20(5-2-19)9-16-25-27-17-18-28-25/h12-15,19-22,25H,1-11,16-18H2. The Kier molecular flexibility index (Phi) is 7.42. The summed E-state index contributed by atoms with van der Waals surface area (Å²) in [6, 6.07) is 7.21. The molecule has 2 saturated carbocycles. The van der Waals surface area contributed by atoms with Crippen LogP contribution in [0.4, 0.5) is 4.39 Å². The van der Waals surface area contributed by atoms with Crippen molar-refractivity contribution in [2.75, 3.05) is 13.2 Å². The Labute approximate surface area is 170 Å². The minimum atomic E-state index is -0.118. The highest BCUT2D eigenvalue weighted by Gasteiger charge is 2.26. The summed E-state index contributed by atoms with van der Waals surface area (Å²) in [5.41, 5.74) is 1.34. The van der Waals surface area contributed by atoms with E-state index in [0.717, 1.165) is 37.4 Å². The molecule has 1 aromatic rings. The van der Waals surface area contributed by atoms with Crippen molar-refractivity contribution < 1.29 is 13.9 Å². The SMILES string of the molecule is Fc1ccc(C2CCC(CCC3CCC(CCC4OCCO4)CC3)CC2)cc1. The Bertz CT molecular complexity index is 565. The van der Waals surface area contributed by atoms with Crippen molar-refractivity contribution in [3.63, 3.8) is 0 Å². The molecule has 4 rings (SSSR count). The summed E-state index contributed by atoms with van der Waals surface area (Å²) in [7, 11) is 0. The molecule has 1 heterocycles. The normalized spacial score (nSPS) is 31.9. The predicted molar refractivity (Wildman–Crippen MR) is 111 cm³/mol. The summed E-state index contributed by atoms with van der Waals surface area (Å²) in [5.74, 6) is 3.32. The average Bonchev–Trinajstić information content (AvgIpc) is 3.26. The summed E-state index contributed by atoms with van der Waals surface area (Å²) in [5, 5.41) is 0. The van der Waals surface area contributed by atoms with Crippen LogP contribution in [0, 0.1) is 23.6 Å². The zero-order valence-corrected chi connectivity index (χ0v) is 17.3. The fourth-order valence-electron chi connectivity index (χ4n) is 5.75. The highest BCUT2D eigenvalue weighted by atomic mass is 19.1. The first-order valence-corrected chi connectivity index (χ1v) is 11.7. The maximum atomic E-state index is 13.1. The lowest BCUT2D eigenvalue weighted by Crippen LogP contribution is -2.19. The lowest BCUT2D eigenvalue weighted by atomic mass is 9.74. The van der Waals surface area contributed by atoms with Gasteiger partial charge in [-0.15, -0.1) is 0 Å². The van der Waals surface area contributed by atoms with Crippen molar-refractivity contribution in [3.05, 3.63) is 35.6 Å². The van der Waals surface area contributed by atoms with E-state index in [2.05, 4.69) is 0 Å². The molecular formula is C25H37FO2. The Morgan fingerprint density at radius 3 is 1.64 bits per heavy atom. The molecule has 2 aliphatic carbocycles.